The lowest BCUT2D eigenvalue weighted by molar-refractivity contribution is -0.120. The first kappa shape index (κ1) is 11.9. The molecule has 1 atom stereocenters. The summed E-state index contributed by atoms with van der Waals surface area (Å²) in [6, 6.07) is 0. The smallest absolute Gasteiger partial charge is 0.238 e. The summed E-state index contributed by atoms with van der Waals surface area (Å²) in [5.74, 6) is -0.447. The minimum absolute atomic E-state index is 0.443. The fourth-order valence-electron chi connectivity index (χ4n) is 0.509. The molecule has 1 amide bonds. The molecule has 72 valence electrons. The molecule has 0 heterocycles. The van der Waals surface area contributed by atoms with Crippen LogP contribution in [0.15, 0.2) is 0 Å². The first-order valence-electron chi connectivity index (χ1n) is 3.42. The Morgan fingerprint density at radius 2 is 2.08 bits per heavy atom. The number of rotatable bonds is 4. The Bertz CT molecular complexity index is 250. The summed E-state index contributed by atoms with van der Waals surface area (Å²) in [5.41, 5.74) is 0. The van der Waals surface area contributed by atoms with E-state index in [1.54, 1.807) is 0 Å². The van der Waals surface area contributed by atoms with Crippen LogP contribution in [-0.4, -0.2) is 37.7 Å². The molecule has 0 saturated carbocycles. The molecule has 0 aliphatic carbocycles. The van der Waals surface area contributed by atoms with Gasteiger partial charge in [-0.15, -0.1) is 0 Å². The lowest BCUT2D eigenvalue weighted by Gasteiger charge is -2.08. The Kier molecular flexibility index (Phi) is 4.77. The Morgan fingerprint density at radius 1 is 1.58 bits per heavy atom. The van der Waals surface area contributed by atoms with Gasteiger partial charge in [-0.25, -0.2) is 8.42 Å². The summed E-state index contributed by atoms with van der Waals surface area (Å²) in [6.45, 7) is 1.82. The van der Waals surface area contributed by atoms with Crippen molar-refractivity contribution in [2.24, 2.45) is 0 Å². The van der Waals surface area contributed by atoms with E-state index in [4.69, 9.17) is 0 Å². The number of alkyl halides is 1. The summed E-state index contributed by atoms with van der Waals surface area (Å²) in [4.78, 5) is 11.0. The molecule has 0 aliphatic heterocycles. The monoisotopic (exact) mass is 257 g/mol. The van der Waals surface area contributed by atoms with Crippen LogP contribution in [-0.2, 0) is 14.6 Å². The summed E-state index contributed by atoms with van der Waals surface area (Å²) in [6.07, 6.45) is 1.05. The van der Waals surface area contributed by atoms with Crippen LogP contribution in [0.3, 0.4) is 0 Å². The zero-order valence-corrected chi connectivity index (χ0v) is 9.41. The van der Waals surface area contributed by atoms with Crippen LogP contribution in [0.5, 0.6) is 0 Å². The summed E-state index contributed by atoms with van der Waals surface area (Å²) in [7, 11) is -3.26. The van der Waals surface area contributed by atoms with Crippen molar-refractivity contribution in [2.45, 2.75) is 12.2 Å². The minimum Gasteiger partial charge on any atom is -0.354 e. The average molecular weight is 258 g/mol. The van der Waals surface area contributed by atoms with Gasteiger partial charge in [-0.05, 0) is 6.92 Å². The summed E-state index contributed by atoms with van der Waals surface area (Å²) in [5, 5.41) is 2.13. The van der Waals surface area contributed by atoms with Gasteiger partial charge in [0.05, 0.1) is 0 Å². The Hall–Kier alpha value is -0.100. The summed E-state index contributed by atoms with van der Waals surface area (Å²) < 4.78 is 21.7. The second-order valence-electron chi connectivity index (χ2n) is 2.45. The Labute approximate surface area is 80.8 Å². The number of carbonyl (C=O) groups excluding carboxylic acids is 1. The molecule has 1 unspecified atom stereocenters. The van der Waals surface area contributed by atoms with Gasteiger partial charge < -0.3 is 5.32 Å². The van der Waals surface area contributed by atoms with E-state index in [1.165, 1.54) is 6.92 Å². The van der Waals surface area contributed by atoms with Gasteiger partial charge in [0.25, 0.3) is 0 Å². The van der Waals surface area contributed by atoms with Gasteiger partial charge >= 0.3 is 0 Å². The van der Waals surface area contributed by atoms with E-state index in [1.807, 2.05) is 0 Å². The molecule has 1 N–H and O–H groups in total. The highest BCUT2D eigenvalue weighted by Gasteiger charge is 2.22. The number of nitrogens with one attached hydrogen (secondary N) is 1. The van der Waals surface area contributed by atoms with Crippen molar-refractivity contribution in [3.05, 3.63) is 0 Å². The lowest BCUT2D eigenvalue weighted by atomic mass is 10.4. The largest absolute Gasteiger partial charge is 0.354 e. The molecule has 0 radical (unpaired) electrons. The topological polar surface area (TPSA) is 63.2 Å². The van der Waals surface area contributed by atoms with Gasteiger partial charge in [-0.3, -0.25) is 4.79 Å². The van der Waals surface area contributed by atoms with Crippen LogP contribution < -0.4 is 5.32 Å². The van der Waals surface area contributed by atoms with E-state index in [9.17, 15) is 13.2 Å². The Morgan fingerprint density at radius 3 is 2.42 bits per heavy atom. The number of sulfone groups is 1. The van der Waals surface area contributed by atoms with Crippen molar-refractivity contribution in [3.63, 3.8) is 0 Å². The van der Waals surface area contributed by atoms with Crippen molar-refractivity contribution in [1.29, 1.82) is 0 Å². The maximum Gasteiger partial charge on any atom is 0.238 e. The van der Waals surface area contributed by atoms with Crippen molar-refractivity contribution < 1.29 is 13.2 Å². The highest BCUT2D eigenvalue weighted by molar-refractivity contribution is 9.09. The fraction of sp³-hybridized carbons (Fsp3) is 0.833. The zero-order chi connectivity index (χ0) is 9.78. The quantitative estimate of drug-likeness (QED) is 0.718. The number of hydrogen-bond donors (Lipinski definition) is 1. The van der Waals surface area contributed by atoms with E-state index in [2.05, 4.69) is 21.2 Å². The molecule has 0 rings (SSSR count). The molecule has 0 bridgehead atoms. The van der Waals surface area contributed by atoms with Crippen molar-refractivity contribution in [1.82, 2.24) is 5.32 Å². The molecule has 12 heavy (non-hydrogen) atoms. The summed E-state index contributed by atoms with van der Waals surface area (Å²) >= 11 is 3.11. The van der Waals surface area contributed by atoms with Gasteiger partial charge in [0.15, 0.2) is 9.84 Å². The van der Waals surface area contributed by atoms with E-state index in [-0.39, 0.29) is 0 Å². The first-order valence-corrected chi connectivity index (χ1v) is 6.49. The SMILES string of the molecule is CC(C(=O)NCCBr)S(C)(=O)=O. The maximum absolute atomic E-state index is 11.0. The predicted molar refractivity (Wildman–Crippen MR) is 51.1 cm³/mol. The van der Waals surface area contributed by atoms with Crippen LogP contribution in [0.4, 0.5) is 0 Å². The molecule has 0 aromatic rings. The molecule has 0 aromatic carbocycles. The van der Waals surface area contributed by atoms with Crippen LogP contribution in [0.1, 0.15) is 6.92 Å². The highest BCUT2D eigenvalue weighted by atomic mass is 79.9. The molecule has 6 heteroatoms. The fourth-order valence-corrected chi connectivity index (χ4v) is 1.18. The van der Waals surface area contributed by atoms with Crippen LogP contribution >= 0.6 is 15.9 Å². The minimum atomic E-state index is -3.26. The third kappa shape index (κ3) is 4.06. The molecule has 0 saturated heterocycles. The van der Waals surface area contributed by atoms with Crippen molar-refractivity contribution in [3.8, 4) is 0 Å². The normalized spacial score (nSPS) is 13.9. The third-order valence-corrected chi connectivity index (χ3v) is 3.30. The molecular weight excluding hydrogens is 246 g/mol. The highest BCUT2D eigenvalue weighted by Crippen LogP contribution is 1.96. The molecule has 0 fully saturated rings. The lowest BCUT2D eigenvalue weighted by Crippen LogP contribution is -2.38. The molecular formula is C6H12BrNO3S. The standard InChI is InChI=1S/C6H12BrNO3S/c1-5(12(2,10)11)6(9)8-4-3-7/h5H,3-4H2,1-2H3,(H,8,9). The van der Waals surface area contributed by atoms with Gasteiger partial charge in [0, 0.05) is 18.1 Å². The van der Waals surface area contributed by atoms with E-state index in [0.29, 0.717) is 11.9 Å². The van der Waals surface area contributed by atoms with Gasteiger partial charge in [-0.2, -0.15) is 0 Å². The first-order chi connectivity index (χ1) is 5.39. The average Bonchev–Trinajstić information content (AvgIpc) is 1.97. The second kappa shape index (κ2) is 4.81. The van der Waals surface area contributed by atoms with Crippen molar-refractivity contribution in [2.75, 3.05) is 18.1 Å². The molecule has 0 spiro atoms. The van der Waals surface area contributed by atoms with E-state index in [0.717, 1.165) is 6.26 Å². The van der Waals surface area contributed by atoms with E-state index < -0.39 is 21.0 Å². The zero-order valence-electron chi connectivity index (χ0n) is 7.00. The van der Waals surface area contributed by atoms with E-state index >= 15 is 0 Å². The number of hydrogen-bond acceptors (Lipinski definition) is 3. The van der Waals surface area contributed by atoms with Gasteiger partial charge in [0.1, 0.15) is 5.25 Å². The van der Waals surface area contributed by atoms with Crippen LogP contribution in [0, 0.1) is 0 Å². The number of carbonyl (C=O) groups is 1. The second-order valence-corrected chi connectivity index (χ2v) is 5.61. The Balaban J connectivity index is 4.12. The third-order valence-electron chi connectivity index (χ3n) is 1.41. The molecule has 0 aromatic heterocycles. The molecule has 0 aliphatic rings. The van der Waals surface area contributed by atoms with Gasteiger partial charge in [-0.1, -0.05) is 15.9 Å². The number of halogens is 1. The van der Waals surface area contributed by atoms with Crippen LogP contribution in [0.2, 0.25) is 0 Å². The predicted octanol–water partition coefficient (Wildman–Crippen LogP) is -0.0694. The van der Waals surface area contributed by atoms with Crippen LogP contribution in [0.25, 0.3) is 0 Å². The molecule has 4 nitrogen and oxygen atoms in total. The number of amides is 1. The van der Waals surface area contributed by atoms with Crippen molar-refractivity contribution >= 4 is 31.7 Å². The maximum atomic E-state index is 11.0. The van der Waals surface area contributed by atoms with Gasteiger partial charge in [0.2, 0.25) is 5.91 Å².